The molecule has 0 radical (unpaired) electrons. The first kappa shape index (κ1) is 31.3. The van der Waals surface area contributed by atoms with Crippen LogP contribution in [0.4, 0.5) is 0 Å². The molecule has 2 rings (SSSR count). The number of unbranched alkanes of at least 4 members (excludes halogenated alkanes) is 17. The second-order valence-corrected chi connectivity index (χ2v) is 11.4. The van der Waals surface area contributed by atoms with Gasteiger partial charge in [-0.3, -0.25) is 0 Å². The fourth-order valence-electron chi connectivity index (χ4n) is 5.55. The zero-order chi connectivity index (χ0) is 25.4. The predicted molar refractivity (Wildman–Crippen MR) is 153 cm³/mol. The molecule has 1 aliphatic rings. The van der Waals surface area contributed by atoms with Gasteiger partial charge < -0.3 is 9.47 Å². The van der Waals surface area contributed by atoms with Gasteiger partial charge in [0.1, 0.15) is 6.54 Å². The molecule has 3 nitrogen and oxygen atoms in total. The normalized spacial score (nSPS) is 17.7. The van der Waals surface area contributed by atoms with E-state index in [-0.39, 0.29) is 0 Å². The predicted octanol–water partition coefficient (Wildman–Crippen LogP) is 9.22. The summed E-state index contributed by atoms with van der Waals surface area (Å²) >= 11 is 0. The van der Waals surface area contributed by atoms with E-state index < -0.39 is 0 Å². The van der Waals surface area contributed by atoms with Crippen molar-refractivity contribution in [3.05, 3.63) is 30.6 Å². The minimum atomic E-state index is 0.351. The molecule has 1 aliphatic heterocycles. The second-order valence-electron chi connectivity index (χ2n) is 11.4. The van der Waals surface area contributed by atoms with Crippen molar-refractivity contribution in [1.29, 1.82) is 0 Å². The van der Waals surface area contributed by atoms with Gasteiger partial charge in [-0.05, 0) is 31.6 Å². The summed E-state index contributed by atoms with van der Waals surface area (Å²) in [6.07, 6.45) is 33.8. The van der Waals surface area contributed by atoms with Gasteiger partial charge in [-0.15, -0.1) is 0 Å². The molecule has 0 aliphatic carbocycles. The van der Waals surface area contributed by atoms with Crippen molar-refractivity contribution in [3.8, 4) is 0 Å². The molecule has 208 valence electrons. The van der Waals surface area contributed by atoms with Crippen LogP contribution in [0.2, 0.25) is 0 Å². The largest absolute Gasteiger partial charge is 0.379 e. The highest BCUT2D eigenvalue weighted by Crippen LogP contribution is 2.25. The third-order valence-electron chi connectivity index (χ3n) is 7.92. The monoisotopic (exact) mass is 502 g/mol. The van der Waals surface area contributed by atoms with Gasteiger partial charge in [0.25, 0.3) is 0 Å². The zero-order valence-corrected chi connectivity index (χ0v) is 24.0. The highest BCUT2D eigenvalue weighted by Gasteiger charge is 2.24. The molecule has 3 heteroatoms. The van der Waals surface area contributed by atoms with E-state index in [1.54, 1.807) is 0 Å². The quantitative estimate of drug-likeness (QED) is 0.0982. The summed E-state index contributed by atoms with van der Waals surface area (Å²) < 4.78 is 14.2. The van der Waals surface area contributed by atoms with E-state index in [9.17, 15) is 0 Å². The van der Waals surface area contributed by atoms with Crippen molar-refractivity contribution < 1.29 is 14.0 Å². The van der Waals surface area contributed by atoms with Crippen molar-refractivity contribution >= 4 is 0 Å². The molecule has 0 bridgehead atoms. The molecule has 1 aromatic heterocycles. The number of ether oxygens (including phenoxy) is 2. The number of aromatic nitrogens is 1. The van der Waals surface area contributed by atoms with Gasteiger partial charge in [-0.1, -0.05) is 116 Å². The van der Waals surface area contributed by atoms with Gasteiger partial charge in [0, 0.05) is 31.8 Å². The standard InChI is InChI=1S/C33H60NO2/c1-2-3-4-5-6-7-8-9-10-11-12-13-15-19-24-32-29-33(36-30-32)31-35-28-23-17-14-16-20-25-34-26-21-18-22-27-34/h18,21-22,26-27,32-33H,2-17,19-20,23-25,28-31H2,1H3/q+1/t32-,33+/m1/s1. The molecular weight excluding hydrogens is 442 g/mol. The molecule has 1 fully saturated rings. The van der Waals surface area contributed by atoms with Crippen LogP contribution in [0.1, 0.15) is 142 Å². The molecule has 0 amide bonds. The average Bonchev–Trinajstić information content (AvgIpc) is 3.36. The third-order valence-corrected chi connectivity index (χ3v) is 7.92. The molecule has 0 unspecified atom stereocenters. The number of hydrogen-bond donors (Lipinski definition) is 0. The first-order chi connectivity index (χ1) is 17.9. The Bertz CT molecular complexity index is 578. The molecule has 2 heterocycles. The Morgan fingerprint density at radius 2 is 1.22 bits per heavy atom. The van der Waals surface area contributed by atoms with Crippen LogP contribution in [0.3, 0.4) is 0 Å². The van der Waals surface area contributed by atoms with Crippen molar-refractivity contribution in [2.24, 2.45) is 5.92 Å². The first-order valence-corrected chi connectivity index (χ1v) is 16.0. The Balaban J connectivity index is 1.26. The van der Waals surface area contributed by atoms with Crippen LogP contribution in [-0.2, 0) is 16.0 Å². The summed E-state index contributed by atoms with van der Waals surface area (Å²) in [6, 6.07) is 6.29. The Hall–Kier alpha value is -0.930. The summed E-state index contributed by atoms with van der Waals surface area (Å²) in [4.78, 5) is 0. The molecule has 0 spiro atoms. The maximum absolute atomic E-state index is 6.01. The van der Waals surface area contributed by atoms with Crippen LogP contribution in [0.15, 0.2) is 30.6 Å². The lowest BCUT2D eigenvalue weighted by molar-refractivity contribution is -0.697. The van der Waals surface area contributed by atoms with Crippen LogP contribution in [0.25, 0.3) is 0 Å². The fourth-order valence-corrected chi connectivity index (χ4v) is 5.55. The number of nitrogens with zero attached hydrogens (tertiary/aromatic N) is 1. The lowest BCUT2D eigenvalue weighted by Gasteiger charge is -2.10. The first-order valence-electron chi connectivity index (χ1n) is 16.0. The summed E-state index contributed by atoms with van der Waals surface area (Å²) in [5, 5.41) is 0. The molecule has 1 aromatic rings. The highest BCUT2D eigenvalue weighted by molar-refractivity contribution is 4.83. The Labute approximate surface area is 224 Å². The van der Waals surface area contributed by atoms with Crippen LogP contribution >= 0.6 is 0 Å². The van der Waals surface area contributed by atoms with Gasteiger partial charge in [-0.25, -0.2) is 4.57 Å². The highest BCUT2D eigenvalue weighted by atomic mass is 16.5. The summed E-state index contributed by atoms with van der Waals surface area (Å²) in [5.41, 5.74) is 0. The molecular formula is C33H60NO2+. The molecule has 36 heavy (non-hydrogen) atoms. The Morgan fingerprint density at radius 1 is 0.667 bits per heavy atom. The SMILES string of the molecule is CCCCCCCCCCCCCCCC[C@H]1CO[C@H](COCCCCCCC[n+]2ccccc2)C1. The molecule has 0 aromatic carbocycles. The maximum Gasteiger partial charge on any atom is 0.168 e. The van der Waals surface area contributed by atoms with Crippen molar-refractivity contribution in [2.75, 3.05) is 19.8 Å². The van der Waals surface area contributed by atoms with Crippen LogP contribution in [-0.4, -0.2) is 25.9 Å². The molecule has 0 saturated carbocycles. The number of hydrogen-bond acceptors (Lipinski definition) is 2. The van der Waals surface area contributed by atoms with Crippen LogP contribution in [0, 0.1) is 5.92 Å². The third kappa shape index (κ3) is 17.5. The van der Waals surface area contributed by atoms with Gasteiger partial charge in [0.15, 0.2) is 12.4 Å². The van der Waals surface area contributed by atoms with Gasteiger partial charge in [0.05, 0.1) is 12.7 Å². The molecule has 0 N–H and O–H groups in total. The van der Waals surface area contributed by atoms with Gasteiger partial charge in [0.2, 0.25) is 0 Å². The molecule has 1 saturated heterocycles. The van der Waals surface area contributed by atoms with E-state index in [0.29, 0.717) is 6.10 Å². The van der Waals surface area contributed by atoms with Crippen molar-refractivity contribution in [2.45, 2.75) is 154 Å². The van der Waals surface area contributed by atoms with E-state index in [1.165, 1.54) is 135 Å². The lowest BCUT2D eigenvalue weighted by atomic mass is 9.97. The van der Waals surface area contributed by atoms with E-state index >= 15 is 0 Å². The topological polar surface area (TPSA) is 22.3 Å². The van der Waals surface area contributed by atoms with E-state index in [1.807, 2.05) is 0 Å². The zero-order valence-electron chi connectivity index (χ0n) is 24.0. The maximum atomic E-state index is 6.01. The fraction of sp³-hybridized carbons (Fsp3) is 0.848. The molecule has 2 atom stereocenters. The number of pyridine rings is 1. The van der Waals surface area contributed by atoms with Gasteiger partial charge in [-0.2, -0.15) is 0 Å². The van der Waals surface area contributed by atoms with Gasteiger partial charge >= 0.3 is 0 Å². The Kier molecular flexibility index (Phi) is 20.2. The van der Waals surface area contributed by atoms with E-state index in [4.69, 9.17) is 9.47 Å². The van der Waals surface area contributed by atoms with E-state index in [2.05, 4.69) is 42.1 Å². The summed E-state index contributed by atoms with van der Waals surface area (Å²) in [6.45, 7) is 6.10. The smallest absolute Gasteiger partial charge is 0.168 e. The number of aryl methyl sites for hydroxylation is 1. The van der Waals surface area contributed by atoms with Crippen molar-refractivity contribution in [3.63, 3.8) is 0 Å². The summed E-state index contributed by atoms with van der Waals surface area (Å²) in [5.74, 6) is 0.776. The van der Waals surface area contributed by atoms with Crippen molar-refractivity contribution in [1.82, 2.24) is 0 Å². The summed E-state index contributed by atoms with van der Waals surface area (Å²) in [7, 11) is 0. The second kappa shape index (κ2) is 23.2. The van der Waals surface area contributed by atoms with E-state index in [0.717, 1.165) is 32.3 Å². The lowest BCUT2D eigenvalue weighted by Crippen LogP contribution is -2.32. The minimum Gasteiger partial charge on any atom is -0.379 e. The number of rotatable bonds is 25. The Morgan fingerprint density at radius 3 is 1.86 bits per heavy atom. The van der Waals surface area contributed by atoms with Crippen LogP contribution in [0.5, 0.6) is 0 Å². The average molecular weight is 503 g/mol. The van der Waals surface area contributed by atoms with Crippen LogP contribution < -0.4 is 4.57 Å². The minimum absolute atomic E-state index is 0.351.